The fourth-order valence-corrected chi connectivity index (χ4v) is 9.27. The van der Waals surface area contributed by atoms with Crippen LogP contribution in [0, 0.1) is 17.8 Å². The molecule has 2 bridgehead atoms. The second kappa shape index (κ2) is 10.1. The number of hydrogen-bond acceptors (Lipinski definition) is 15. The number of rotatable bonds is 2. The minimum Gasteiger partial charge on any atom is -0.382 e. The molecule has 4 aromatic rings. The van der Waals surface area contributed by atoms with Gasteiger partial charge in [0.1, 0.15) is 24.1 Å². The molecule has 20 nitrogen and oxygen atoms in total. The highest BCUT2D eigenvalue weighted by Gasteiger charge is 2.73. The summed E-state index contributed by atoms with van der Waals surface area (Å²) >= 11 is 0. The Morgan fingerprint density at radius 1 is 1.04 bits per heavy atom. The topological polar surface area (TPSA) is 280 Å². The van der Waals surface area contributed by atoms with Gasteiger partial charge in [-0.1, -0.05) is 6.92 Å². The fourth-order valence-electron chi connectivity index (χ4n) is 7.23. The Bertz CT molecular complexity index is 2040. The number of fused-ring (bicyclic) bond motifs is 8. The molecule has 7 N–H and O–H groups in total. The highest BCUT2D eigenvalue weighted by molar-refractivity contribution is 7.47. The van der Waals surface area contributed by atoms with E-state index in [1.165, 1.54) is 17.2 Å². The molecule has 46 heavy (non-hydrogen) atoms. The van der Waals surface area contributed by atoms with Crippen LogP contribution in [0.4, 0.5) is 16.2 Å². The van der Waals surface area contributed by atoms with Crippen molar-refractivity contribution in [2.45, 2.75) is 49.6 Å². The number of aromatic nitrogens is 8. The Hall–Kier alpha value is -3.39. The number of nitrogen functional groups attached to an aromatic ring is 2. The molecule has 4 aromatic heterocycles. The van der Waals surface area contributed by atoms with Crippen molar-refractivity contribution in [1.82, 2.24) is 39.0 Å². The highest BCUT2D eigenvalue weighted by Crippen LogP contribution is 2.70. The zero-order chi connectivity index (χ0) is 32.3. The summed E-state index contributed by atoms with van der Waals surface area (Å²) in [5.41, 5.74) is 10.4. The smallest absolute Gasteiger partial charge is 0.382 e. The first-order chi connectivity index (χ1) is 21.8. The molecular weight excluding hydrogens is 657 g/mol. The van der Waals surface area contributed by atoms with Crippen molar-refractivity contribution >= 4 is 49.7 Å². The van der Waals surface area contributed by atoms with Gasteiger partial charge in [0.15, 0.2) is 35.0 Å². The number of aromatic amines is 1. The number of ether oxygens (including phenoxy) is 1. The van der Waals surface area contributed by atoms with Gasteiger partial charge in [-0.25, -0.2) is 33.5 Å². The van der Waals surface area contributed by atoms with Crippen molar-refractivity contribution in [3.05, 3.63) is 29.3 Å². The van der Waals surface area contributed by atoms with Gasteiger partial charge in [-0.05, 0) is 24.2 Å². The molecular formula is C23H27FN10O10P2. The third-order valence-corrected chi connectivity index (χ3v) is 11.3. The summed E-state index contributed by atoms with van der Waals surface area (Å²) in [5, 5.41) is 0. The highest BCUT2D eigenvalue weighted by atomic mass is 31.2. The molecule has 0 radical (unpaired) electrons. The lowest BCUT2D eigenvalue weighted by Crippen LogP contribution is -2.37. The fraction of sp³-hybridized carbons (Fsp3) is 0.565. The summed E-state index contributed by atoms with van der Waals surface area (Å²) in [6, 6.07) is 0. The van der Waals surface area contributed by atoms with Crippen molar-refractivity contribution < 1.29 is 46.1 Å². The Morgan fingerprint density at radius 2 is 1.78 bits per heavy atom. The average Bonchev–Trinajstić information content (AvgIpc) is 3.26. The molecule has 0 amide bonds. The van der Waals surface area contributed by atoms with Crippen LogP contribution in [0.25, 0.3) is 22.3 Å². The normalized spacial score (nSPS) is 41.0. The Balaban J connectivity index is 1.14. The average molecular weight is 684 g/mol. The molecule has 2 saturated heterocycles. The van der Waals surface area contributed by atoms with E-state index in [-0.39, 0.29) is 46.6 Å². The molecule has 4 aliphatic rings. The Kier molecular flexibility index (Phi) is 6.55. The van der Waals surface area contributed by atoms with E-state index in [0.717, 1.165) is 6.33 Å². The molecule has 11 atom stereocenters. The third-order valence-electron chi connectivity index (χ3n) is 9.33. The molecule has 23 heteroatoms. The summed E-state index contributed by atoms with van der Waals surface area (Å²) in [5.74, 6) is -1.57. The van der Waals surface area contributed by atoms with Crippen LogP contribution in [0.2, 0.25) is 0 Å². The zero-order valence-electron chi connectivity index (χ0n) is 23.7. The SMILES string of the molecule is C[C@@H]1[C@H]2COP(=O)(O)O[C@H]3[C@@H](F)[C@H](n4cnc5c(N)ncnc54)O[C@@H]3COP(=O)(O)O[C@H]1C1(n3cnc4c(=O)[nH]c(N)nc43)C[C@@H]21. The number of anilines is 2. The first-order valence-corrected chi connectivity index (χ1v) is 17.1. The number of H-pyrrole nitrogens is 1. The lowest BCUT2D eigenvalue weighted by atomic mass is 9.92. The van der Waals surface area contributed by atoms with Gasteiger partial charge in [-0.15, -0.1) is 0 Å². The van der Waals surface area contributed by atoms with Crippen LogP contribution >= 0.6 is 15.6 Å². The Morgan fingerprint density at radius 3 is 2.59 bits per heavy atom. The van der Waals surface area contributed by atoms with Gasteiger partial charge in [-0.3, -0.25) is 32.4 Å². The largest absolute Gasteiger partial charge is 0.472 e. The van der Waals surface area contributed by atoms with E-state index in [0.29, 0.717) is 6.42 Å². The minimum absolute atomic E-state index is 0.00834. The second-order valence-corrected chi connectivity index (χ2v) is 14.6. The first kappa shape index (κ1) is 30.0. The van der Waals surface area contributed by atoms with E-state index in [9.17, 15) is 23.7 Å². The van der Waals surface area contributed by atoms with Crippen LogP contribution in [0.1, 0.15) is 19.6 Å². The van der Waals surface area contributed by atoms with E-state index in [4.69, 9.17) is 34.3 Å². The number of hydrogen-bond donors (Lipinski definition) is 5. The lowest BCUT2D eigenvalue weighted by molar-refractivity contribution is -0.0494. The predicted molar refractivity (Wildman–Crippen MR) is 151 cm³/mol. The van der Waals surface area contributed by atoms with Gasteiger partial charge in [-0.2, -0.15) is 4.98 Å². The number of imidazole rings is 2. The number of phosphoric acid groups is 2. The number of nitrogens with zero attached hydrogens (tertiary/aromatic N) is 7. The van der Waals surface area contributed by atoms with Crippen LogP contribution in [-0.4, -0.2) is 86.5 Å². The maximum atomic E-state index is 16.0. The molecule has 0 spiro atoms. The van der Waals surface area contributed by atoms with Crippen molar-refractivity contribution in [2.24, 2.45) is 17.8 Å². The number of alkyl halides is 1. The molecule has 6 heterocycles. The van der Waals surface area contributed by atoms with Gasteiger partial charge in [0.2, 0.25) is 5.95 Å². The summed E-state index contributed by atoms with van der Waals surface area (Å²) in [6.45, 7) is 0.567. The van der Waals surface area contributed by atoms with E-state index in [1.54, 1.807) is 11.5 Å². The van der Waals surface area contributed by atoms with Gasteiger partial charge < -0.3 is 30.6 Å². The van der Waals surface area contributed by atoms with E-state index in [1.807, 2.05) is 0 Å². The van der Waals surface area contributed by atoms with E-state index >= 15 is 4.39 Å². The van der Waals surface area contributed by atoms with Gasteiger partial charge in [0.25, 0.3) is 5.56 Å². The predicted octanol–water partition coefficient (Wildman–Crippen LogP) is 0.359. The summed E-state index contributed by atoms with van der Waals surface area (Å²) in [6.07, 6.45) is -3.94. The summed E-state index contributed by atoms with van der Waals surface area (Å²) < 4.78 is 73.2. The zero-order valence-corrected chi connectivity index (χ0v) is 25.5. The van der Waals surface area contributed by atoms with E-state index < -0.39 is 75.9 Å². The third kappa shape index (κ3) is 4.45. The molecule has 2 aliphatic heterocycles. The first-order valence-electron chi connectivity index (χ1n) is 14.1. The quantitative estimate of drug-likeness (QED) is 0.178. The second-order valence-electron chi connectivity index (χ2n) is 11.8. The van der Waals surface area contributed by atoms with Crippen molar-refractivity contribution in [3.63, 3.8) is 0 Å². The monoisotopic (exact) mass is 684 g/mol. The van der Waals surface area contributed by atoms with Crippen molar-refractivity contribution in [2.75, 3.05) is 24.7 Å². The van der Waals surface area contributed by atoms with Gasteiger partial charge in [0.05, 0.1) is 37.5 Å². The maximum absolute atomic E-state index is 16.0. The van der Waals surface area contributed by atoms with Crippen LogP contribution in [0.15, 0.2) is 23.8 Å². The molecule has 8 rings (SSSR count). The van der Waals surface area contributed by atoms with Gasteiger partial charge in [0, 0.05) is 0 Å². The molecule has 0 aromatic carbocycles. The van der Waals surface area contributed by atoms with Crippen LogP contribution in [-0.2, 0) is 37.5 Å². The maximum Gasteiger partial charge on any atom is 0.472 e. The van der Waals surface area contributed by atoms with Crippen LogP contribution in [0.3, 0.4) is 0 Å². The standard InChI is InChI=1S/C23H27FN10O10P2/c1-8-9-3-40-45(36,37)43-15-11(42-21(12(15)24)33-6-29-13-17(25)27-5-28-18(13)33)4-41-46(38,39)44-16(8)23(2-10(9)23)34-7-30-14-19(34)31-22(26)32-20(14)35/h5-12,15-16,21H,2-4H2,1H3,(H,36,37)(H,38,39)(H2,25,27,28)(H3,26,31,32,35)/t8-,9-,10+,11-,12-,15-,16-,21-,23?/m1/s1. The van der Waals surface area contributed by atoms with E-state index in [2.05, 4.69) is 29.9 Å². The van der Waals surface area contributed by atoms with Gasteiger partial charge >= 0.3 is 15.6 Å². The number of halogens is 1. The summed E-state index contributed by atoms with van der Waals surface area (Å²) in [4.78, 5) is 57.0. The Labute approximate surface area is 256 Å². The number of phosphoric ester groups is 2. The van der Waals surface area contributed by atoms with Crippen LogP contribution in [0.5, 0.6) is 0 Å². The molecule has 2 aliphatic carbocycles. The van der Waals surface area contributed by atoms with Crippen LogP contribution < -0.4 is 17.0 Å². The molecule has 2 saturated carbocycles. The van der Waals surface area contributed by atoms with Crippen molar-refractivity contribution in [3.8, 4) is 0 Å². The number of nitrogens with one attached hydrogen (secondary N) is 1. The summed E-state index contributed by atoms with van der Waals surface area (Å²) in [7, 11) is -9.89. The number of nitrogens with two attached hydrogens (primary N) is 2. The molecule has 246 valence electrons. The minimum atomic E-state index is -4.96. The molecule has 4 fully saturated rings. The van der Waals surface area contributed by atoms with Crippen molar-refractivity contribution in [1.29, 1.82) is 0 Å². The molecule has 3 unspecified atom stereocenters. The lowest BCUT2D eigenvalue weighted by Gasteiger charge is -2.31.